The predicted molar refractivity (Wildman–Crippen MR) is 116 cm³/mol. The summed E-state index contributed by atoms with van der Waals surface area (Å²) in [4.78, 5) is 15.0. The van der Waals surface area contributed by atoms with E-state index in [0.29, 0.717) is 43.8 Å². The van der Waals surface area contributed by atoms with E-state index in [2.05, 4.69) is 0 Å². The molecule has 1 fully saturated rings. The minimum Gasteiger partial charge on any atom is -0.454 e. The van der Waals surface area contributed by atoms with Crippen molar-refractivity contribution in [2.24, 2.45) is 0 Å². The van der Waals surface area contributed by atoms with Gasteiger partial charge in [-0.25, -0.2) is 8.42 Å². The van der Waals surface area contributed by atoms with Gasteiger partial charge in [0.05, 0.1) is 4.90 Å². The van der Waals surface area contributed by atoms with Crippen LogP contribution < -0.4 is 14.4 Å². The number of hydrogen-bond acceptors (Lipinski definition) is 5. The quantitative estimate of drug-likeness (QED) is 0.711. The normalized spacial score (nSPS) is 18.3. The molecule has 5 rings (SSSR count). The van der Waals surface area contributed by atoms with Crippen molar-refractivity contribution in [1.82, 2.24) is 4.31 Å². The predicted octanol–water partition coefficient (Wildman–Crippen LogP) is 3.11. The molecule has 2 aromatic rings. The van der Waals surface area contributed by atoms with Crippen LogP contribution >= 0.6 is 0 Å². The fraction of sp³-hybridized carbons (Fsp3) is 0.435. The number of fused-ring (bicyclic) bond motifs is 2. The van der Waals surface area contributed by atoms with Crippen molar-refractivity contribution in [3.63, 3.8) is 0 Å². The Morgan fingerprint density at radius 2 is 1.74 bits per heavy atom. The number of rotatable bonds is 5. The first-order valence-electron chi connectivity index (χ1n) is 10.8. The molecule has 7 nitrogen and oxygen atoms in total. The molecule has 0 bridgehead atoms. The zero-order chi connectivity index (χ0) is 21.4. The highest BCUT2D eigenvalue weighted by Crippen LogP contribution is 2.34. The highest BCUT2D eigenvalue weighted by molar-refractivity contribution is 7.89. The molecule has 164 valence electrons. The van der Waals surface area contributed by atoms with E-state index in [1.54, 1.807) is 27.4 Å². The molecule has 0 aliphatic carbocycles. The Bertz CT molecular complexity index is 1110. The molecule has 0 atom stereocenters. The van der Waals surface area contributed by atoms with Crippen LogP contribution in [0, 0.1) is 0 Å². The summed E-state index contributed by atoms with van der Waals surface area (Å²) in [6.45, 7) is 1.99. The number of aryl methyl sites for hydroxylation is 1. The first-order chi connectivity index (χ1) is 15.0. The highest BCUT2D eigenvalue weighted by atomic mass is 32.2. The van der Waals surface area contributed by atoms with Gasteiger partial charge in [0.15, 0.2) is 11.5 Å². The number of benzene rings is 2. The second-order valence-electron chi connectivity index (χ2n) is 8.24. The van der Waals surface area contributed by atoms with Gasteiger partial charge in [0.2, 0.25) is 22.7 Å². The third-order valence-corrected chi connectivity index (χ3v) is 8.16. The molecule has 8 heteroatoms. The first-order valence-corrected chi connectivity index (χ1v) is 12.3. The lowest BCUT2D eigenvalue weighted by Crippen LogP contribution is -2.35. The van der Waals surface area contributed by atoms with Crippen molar-refractivity contribution in [1.29, 1.82) is 0 Å². The number of hydrogen-bond donors (Lipinski definition) is 0. The van der Waals surface area contributed by atoms with Crippen LogP contribution in [0.15, 0.2) is 41.3 Å². The summed E-state index contributed by atoms with van der Waals surface area (Å²) in [5.41, 5.74) is 2.78. The summed E-state index contributed by atoms with van der Waals surface area (Å²) in [5, 5.41) is 0. The monoisotopic (exact) mass is 442 g/mol. The van der Waals surface area contributed by atoms with Crippen molar-refractivity contribution >= 4 is 21.6 Å². The standard InChI is InChI=1S/C23H26N2O5S/c26-23(9-5-17-4-8-21-22(14-17)30-16-29-21)25-13-10-18-15-19(6-7-20(18)25)31(27,28)24-11-2-1-3-12-24/h4,6-8,14-15H,1-3,5,9-13,16H2. The topological polar surface area (TPSA) is 76.1 Å². The van der Waals surface area contributed by atoms with E-state index in [9.17, 15) is 13.2 Å². The summed E-state index contributed by atoms with van der Waals surface area (Å²) < 4.78 is 38.3. The zero-order valence-electron chi connectivity index (χ0n) is 17.4. The van der Waals surface area contributed by atoms with Crippen LogP contribution in [0.1, 0.15) is 36.8 Å². The second kappa shape index (κ2) is 8.16. The summed E-state index contributed by atoms with van der Waals surface area (Å²) in [6.07, 6.45) is 4.58. The van der Waals surface area contributed by atoms with Crippen molar-refractivity contribution in [2.75, 3.05) is 31.3 Å². The number of ether oxygens (including phenoxy) is 2. The molecule has 0 unspecified atom stereocenters. The van der Waals surface area contributed by atoms with Crippen LogP contribution in [-0.4, -0.2) is 45.1 Å². The van der Waals surface area contributed by atoms with Crippen molar-refractivity contribution in [3.05, 3.63) is 47.5 Å². The Balaban J connectivity index is 1.27. The van der Waals surface area contributed by atoms with Gasteiger partial charge in [-0.2, -0.15) is 4.31 Å². The molecular weight excluding hydrogens is 416 g/mol. The van der Waals surface area contributed by atoms with Crippen LogP contribution in [-0.2, 0) is 27.7 Å². The van der Waals surface area contributed by atoms with Gasteiger partial charge >= 0.3 is 0 Å². The number of carbonyl (C=O) groups excluding carboxylic acids is 1. The van der Waals surface area contributed by atoms with Crippen LogP contribution in [0.25, 0.3) is 0 Å². The molecule has 1 saturated heterocycles. The van der Waals surface area contributed by atoms with Gasteiger partial charge in [-0.15, -0.1) is 0 Å². The van der Waals surface area contributed by atoms with Gasteiger partial charge in [0.1, 0.15) is 0 Å². The highest BCUT2D eigenvalue weighted by Gasteiger charge is 2.30. The van der Waals surface area contributed by atoms with E-state index in [-0.39, 0.29) is 12.7 Å². The number of sulfonamides is 1. The van der Waals surface area contributed by atoms with Crippen LogP contribution in [0.4, 0.5) is 5.69 Å². The molecule has 2 aromatic carbocycles. The zero-order valence-corrected chi connectivity index (χ0v) is 18.2. The molecule has 3 aliphatic heterocycles. The molecule has 31 heavy (non-hydrogen) atoms. The third-order valence-electron chi connectivity index (χ3n) is 6.26. The Kier molecular flexibility index (Phi) is 5.35. The summed E-state index contributed by atoms with van der Waals surface area (Å²) in [6, 6.07) is 10.9. The van der Waals surface area contributed by atoms with E-state index in [4.69, 9.17) is 9.47 Å². The Labute approximate surface area is 182 Å². The van der Waals surface area contributed by atoms with Gasteiger partial charge in [-0.3, -0.25) is 4.79 Å². The van der Waals surface area contributed by atoms with E-state index in [1.807, 2.05) is 18.2 Å². The van der Waals surface area contributed by atoms with Crippen molar-refractivity contribution in [3.8, 4) is 11.5 Å². The molecule has 0 aromatic heterocycles. The molecule has 0 spiro atoms. The Morgan fingerprint density at radius 1 is 0.935 bits per heavy atom. The second-order valence-corrected chi connectivity index (χ2v) is 10.2. The average Bonchev–Trinajstić information content (AvgIpc) is 3.44. The van der Waals surface area contributed by atoms with Crippen LogP contribution in [0.5, 0.6) is 11.5 Å². The average molecular weight is 443 g/mol. The lowest BCUT2D eigenvalue weighted by molar-refractivity contribution is -0.118. The maximum absolute atomic E-state index is 13.0. The van der Waals surface area contributed by atoms with Gasteiger partial charge in [0, 0.05) is 31.7 Å². The van der Waals surface area contributed by atoms with Crippen molar-refractivity contribution in [2.45, 2.75) is 43.4 Å². The molecule has 0 N–H and O–H groups in total. The third kappa shape index (κ3) is 3.90. The minimum atomic E-state index is -3.46. The molecule has 3 heterocycles. The van der Waals surface area contributed by atoms with Crippen molar-refractivity contribution < 1.29 is 22.7 Å². The number of anilines is 1. The lowest BCUT2D eigenvalue weighted by atomic mass is 10.1. The van der Waals surface area contributed by atoms with Crippen LogP contribution in [0.3, 0.4) is 0 Å². The van der Waals surface area contributed by atoms with E-state index >= 15 is 0 Å². The molecule has 0 saturated carbocycles. The SMILES string of the molecule is O=C(CCc1ccc2c(c1)OCO2)N1CCc2cc(S(=O)(=O)N3CCCCC3)ccc21. The van der Waals surface area contributed by atoms with E-state index < -0.39 is 10.0 Å². The van der Waals surface area contributed by atoms with E-state index in [0.717, 1.165) is 47.6 Å². The fourth-order valence-electron chi connectivity index (χ4n) is 4.53. The van der Waals surface area contributed by atoms with Gasteiger partial charge in [-0.05, 0) is 67.1 Å². The van der Waals surface area contributed by atoms with Crippen LogP contribution in [0.2, 0.25) is 0 Å². The minimum absolute atomic E-state index is 0.0445. The Hall–Kier alpha value is -2.58. The summed E-state index contributed by atoms with van der Waals surface area (Å²) in [7, 11) is -3.46. The lowest BCUT2D eigenvalue weighted by Gasteiger charge is -2.26. The number of carbonyl (C=O) groups is 1. The molecule has 1 amide bonds. The van der Waals surface area contributed by atoms with Gasteiger partial charge < -0.3 is 14.4 Å². The number of amides is 1. The number of nitrogens with zero attached hydrogens (tertiary/aromatic N) is 2. The smallest absolute Gasteiger partial charge is 0.243 e. The maximum atomic E-state index is 13.0. The van der Waals surface area contributed by atoms with Gasteiger partial charge in [0.25, 0.3) is 0 Å². The molecule has 0 radical (unpaired) electrons. The Morgan fingerprint density at radius 3 is 2.58 bits per heavy atom. The molecule has 3 aliphatic rings. The fourth-order valence-corrected chi connectivity index (χ4v) is 6.10. The summed E-state index contributed by atoms with van der Waals surface area (Å²) in [5.74, 6) is 1.50. The maximum Gasteiger partial charge on any atom is 0.243 e. The molecular formula is C23H26N2O5S. The van der Waals surface area contributed by atoms with Gasteiger partial charge in [-0.1, -0.05) is 12.5 Å². The summed E-state index contributed by atoms with van der Waals surface area (Å²) >= 11 is 0. The number of piperidine rings is 1. The largest absolute Gasteiger partial charge is 0.454 e. The first kappa shape index (κ1) is 20.3. The van der Waals surface area contributed by atoms with E-state index in [1.165, 1.54) is 0 Å².